The number of hydrogen-bond acceptors (Lipinski definition) is 3. The van der Waals surface area contributed by atoms with Gasteiger partial charge in [0.05, 0.1) is 0 Å². The van der Waals surface area contributed by atoms with Gasteiger partial charge in [-0.25, -0.2) is 0 Å². The molecule has 0 aromatic heterocycles. The van der Waals surface area contributed by atoms with E-state index in [4.69, 9.17) is 10.5 Å². The van der Waals surface area contributed by atoms with E-state index < -0.39 is 0 Å². The minimum absolute atomic E-state index is 0.258. The lowest BCUT2D eigenvalue weighted by Crippen LogP contribution is -2.24. The molecule has 2 aromatic rings. The summed E-state index contributed by atoms with van der Waals surface area (Å²) in [6, 6.07) is 16.8. The van der Waals surface area contributed by atoms with Crippen LogP contribution in [0.2, 0.25) is 0 Å². The number of ether oxygens (including phenoxy) is 1. The Morgan fingerprint density at radius 3 is 2.75 bits per heavy atom. The highest BCUT2D eigenvalue weighted by atomic mass is 79.9. The smallest absolute Gasteiger partial charge is 0.218 e. The Balaban J connectivity index is 1.47. The van der Waals surface area contributed by atoms with Gasteiger partial charge in [-0.1, -0.05) is 40.2 Å². The van der Waals surface area contributed by atoms with Crippen molar-refractivity contribution in [1.29, 1.82) is 0 Å². The predicted molar refractivity (Wildman–Crippen MR) is 97.9 cm³/mol. The lowest BCUT2D eigenvalue weighted by molar-refractivity contribution is -0.117. The van der Waals surface area contributed by atoms with Crippen molar-refractivity contribution in [1.82, 2.24) is 5.32 Å². The van der Waals surface area contributed by atoms with Crippen molar-refractivity contribution in [2.45, 2.75) is 31.4 Å². The molecular weight excluding hydrogens is 368 g/mol. The van der Waals surface area contributed by atoms with E-state index >= 15 is 0 Å². The largest absolute Gasteiger partial charge is 0.489 e. The highest BCUT2D eigenvalue weighted by Gasteiger charge is 2.37. The fraction of sp³-hybridized carbons (Fsp3) is 0.316. The SMILES string of the molecule is NC(=O)CCN[C@H]1CC1c1ccc(OCc2cccc(Br)c2)cc1. The minimum atomic E-state index is -0.258. The zero-order valence-electron chi connectivity index (χ0n) is 13.4. The second-order valence-corrected chi connectivity index (χ2v) is 7.02. The van der Waals surface area contributed by atoms with Crippen molar-refractivity contribution < 1.29 is 9.53 Å². The van der Waals surface area contributed by atoms with Crippen molar-refractivity contribution in [3.05, 3.63) is 64.1 Å². The summed E-state index contributed by atoms with van der Waals surface area (Å²) in [7, 11) is 0. The number of carbonyl (C=O) groups is 1. The van der Waals surface area contributed by atoms with Crippen molar-refractivity contribution in [3.8, 4) is 5.75 Å². The highest BCUT2D eigenvalue weighted by Crippen LogP contribution is 2.41. The normalized spacial score (nSPS) is 19.0. The van der Waals surface area contributed by atoms with Gasteiger partial charge in [0.25, 0.3) is 0 Å². The Kier molecular flexibility index (Phi) is 5.53. The van der Waals surface area contributed by atoms with Crippen molar-refractivity contribution in [3.63, 3.8) is 0 Å². The van der Waals surface area contributed by atoms with E-state index in [-0.39, 0.29) is 5.91 Å². The van der Waals surface area contributed by atoms with E-state index in [1.54, 1.807) is 0 Å². The van der Waals surface area contributed by atoms with Crippen molar-refractivity contribution in [2.24, 2.45) is 5.73 Å². The molecule has 0 saturated heterocycles. The molecular formula is C19H21BrN2O2. The third-order valence-corrected chi connectivity index (χ3v) is 4.66. The van der Waals surface area contributed by atoms with Gasteiger partial charge in [-0.15, -0.1) is 0 Å². The number of halogens is 1. The average Bonchev–Trinajstić information content (AvgIpc) is 3.33. The number of nitrogens with two attached hydrogens (primary N) is 1. The molecule has 1 fully saturated rings. The molecule has 4 nitrogen and oxygen atoms in total. The Bertz CT molecular complexity index is 703. The Morgan fingerprint density at radius 1 is 1.25 bits per heavy atom. The first kappa shape index (κ1) is 17.0. The zero-order chi connectivity index (χ0) is 16.9. The molecule has 2 atom stereocenters. The van der Waals surface area contributed by atoms with Gasteiger partial charge in [-0.05, 0) is 41.8 Å². The predicted octanol–water partition coefficient (Wildman–Crippen LogP) is 3.35. The summed E-state index contributed by atoms with van der Waals surface area (Å²) in [5, 5.41) is 3.37. The molecule has 0 spiro atoms. The molecule has 3 rings (SSSR count). The molecule has 1 amide bonds. The van der Waals surface area contributed by atoms with Crippen LogP contribution < -0.4 is 15.8 Å². The summed E-state index contributed by atoms with van der Waals surface area (Å²) < 4.78 is 6.89. The lowest BCUT2D eigenvalue weighted by Gasteiger charge is -2.08. The van der Waals surface area contributed by atoms with Gasteiger partial charge in [-0.2, -0.15) is 0 Å². The maximum absolute atomic E-state index is 10.7. The van der Waals surface area contributed by atoms with Gasteiger partial charge in [0.1, 0.15) is 12.4 Å². The second-order valence-electron chi connectivity index (χ2n) is 6.11. The van der Waals surface area contributed by atoms with Gasteiger partial charge in [0.2, 0.25) is 5.91 Å². The number of rotatable bonds is 8. The molecule has 1 aliphatic rings. The van der Waals surface area contributed by atoms with Gasteiger partial charge in [0.15, 0.2) is 0 Å². The molecule has 1 aliphatic carbocycles. The fourth-order valence-corrected chi connectivity index (χ4v) is 3.22. The molecule has 0 radical (unpaired) electrons. The number of carbonyl (C=O) groups excluding carboxylic acids is 1. The van der Waals surface area contributed by atoms with E-state index in [0.29, 0.717) is 31.5 Å². The van der Waals surface area contributed by atoms with Crippen molar-refractivity contribution in [2.75, 3.05) is 6.54 Å². The first-order valence-corrected chi connectivity index (χ1v) is 8.90. The molecule has 0 aliphatic heterocycles. The van der Waals surface area contributed by atoms with Crippen LogP contribution >= 0.6 is 15.9 Å². The van der Waals surface area contributed by atoms with Gasteiger partial charge in [0, 0.05) is 29.4 Å². The average molecular weight is 389 g/mol. The summed E-state index contributed by atoms with van der Waals surface area (Å²) in [4.78, 5) is 10.7. The van der Waals surface area contributed by atoms with Crippen LogP contribution in [0.1, 0.15) is 29.9 Å². The van der Waals surface area contributed by atoms with E-state index in [0.717, 1.165) is 22.2 Å². The van der Waals surface area contributed by atoms with E-state index in [1.165, 1.54) is 5.56 Å². The monoisotopic (exact) mass is 388 g/mol. The van der Waals surface area contributed by atoms with Crippen LogP contribution in [-0.4, -0.2) is 18.5 Å². The molecule has 126 valence electrons. The van der Waals surface area contributed by atoms with Gasteiger partial charge >= 0.3 is 0 Å². The number of benzene rings is 2. The zero-order valence-corrected chi connectivity index (χ0v) is 15.0. The quantitative estimate of drug-likeness (QED) is 0.728. The van der Waals surface area contributed by atoms with Gasteiger partial charge in [-0.3, -0.25) is 4.79 Å². The van der Waals surface area contributed by atoms with Crippen LogP contribution in [0, 0.1) is 0 Å². The number of hydrogen-bond donors (Lipinski definition) is 2. The highest BCUT2D eigenvalue weighted by molar-refractivity contribution is 9.10. The molecule has 2 aromatic carbocycles. The first-order chi connectivity index (χ1) is 11.6. The number of nitrogens with one attached hydrogen (secondary N) is 1. The lowest BCUT2D eigenvalue weighted by atomic mass is 10.1. The maximum Gasteiger partial charge on any atom is 0.218 e. The summed E-state index contributed by atoms with van der Waals surface area (Å²) in [6.45, 7) is 1.21. The van der Waals surface area contributed by atoms with Crippen LogP contribution in [0.3, 0.4) is 0 Å². The molecule has 0 heterocycles. The third kappa shape index (κ3) is 4.82. The van der Waals surface area contributed by atoms with Crippen LogP contribution in [0.15, 0.2) is 53.0 Å². The Hall–Kier alpha value is -1.85. The third-order valence-electron chi connectivity index (χ3n) is 4.17. The fourth-order valence-electron chi connectivity index (χ4n) is 2.77. The van der Waals surface area contributed by atoms with E-state index in [2.05, 4.69) is 39.4 Å². The number of primary amides is 1. The molecule has 5 heteroatoms. The molecule has 3 N–H and O–H groups in total. The summed E-state index contributed by atoms with van der Waals surface area (Å²) in [5.41, 5.74) is 7.59. The Morgan fingerprint density at radius 2 is 2.04 bits per heavy atom. The van der Waals surface area contributed by atoms with Gasteiger partial charge < -0.3 is 15.8 Å². The summed E-state index contributed by atoms with van der Waals surface area (Å²) in [6.07, 6.45) is 1.50. The van der Waals surface area contributed by atoms with Crippen LogP contribution in [0.25, 0.3) is 0 Å². The molecule has 1 saturated carbocycles. The van der Waals surface area contributed by atoms with E-state index in [1.807, 2.05) is 30.3 Å². The van der Waals surface area contributed by atoms with Crippen LogP contribution in [0.5, 0.6) is 5.75 Å². The molecule has 1 unspecified atom stereocenters. The topological polar surface area (TPSA) is 64.4 Å². The summed E-state index contributed by atoms with van der Waals surface area (Å²) in [5.74, 6) is 1.14. The van der Waals surface area contributed by atoms with Crippen LogP contribution in [-0.2, 0) is 11.4 Å². The molecule has 0 bridgehead atoms. The Labute approximate surface area is 150 Å². The molecule has 24 heavy (non-hydrogen) atoms. The van der Waals surface area contributed by atoms with E-state index in [9.17, 15) is 4.79 Å². The van der Waals surface area contributed by atoms with Crippen molar-refractivity contribution >= 4 is 21.8 Å². The number of amides is 1. The minimum Gasteiger partial charge on any atom is -0.489 e. The summed E-state index contributed by atoms with van der Waals surface area (Å²) >= 11 is 3.46. The second kappa shape index (κ2) is 7.81. The standard InChI is InChI=1S/C19H21BrN2O2/c20-15-3-1-2-13(10-15)12-24-16-6-4-14(5-7-16)17-11-18(17)22-9-8-19(21)23/h1-7,10,17-18,22H,8-9,11-12H2,(H2,21,23)/t17?,18-/m0/s1. The maximum atomic E-state index is 10.7. The first-order valence-electron chi connectivity index (χ1n) is 8.11. The van der Waals surface area contributed by atoms with Crippen LogP contribution in [0.4, 0.5) is 0 Å².